The second kappa shape index (κ2) is 4.94. The van der Waals surface area contributed by atoms with E-state index in [1.54, 1.807) is 31.7 Å². The molecule has 1 aromatic carbocycles. The largest absolute Gasteiger partial charge is 0.494 e. The molecule has 23 heavy (non-hydrogen) atoms. The van der Waals surface area contributed by atoms with Gasteiger partial charge in [0.05, 0.1) is 18.0 Å². The summed E-state index contributed by atoms with van der Waals surface area (Å²) in [5.41, 5.74) is 0.0789. The van der Waals surface area contributed by atoms with Crippen LogP contribution in [-0.2, 0) is 0 Å². The Kier molecular flexibility index (Phi) is 3.01. The van der Waals surface area contributed by atoms with Crippen molar-refractivity contribution in [1.29, 1.82) is 0 Å². The number of aromatic amines is 2. The van der Waals surface area contributed by atoms with E-state index in [4.69, 9.17) is 4.74 Å². The van der Waals surface area contributed by atoms with Gasteiger partial charge in [-0.2, -0.15) is 0 Å². The van der Waals surface area contributed by atoms with E-state index in [0.717, 1.165) is 5.92 Å². The van der Waals surface area contributed by atoms with Crippen molar-refractivity contribution in [2.45, 2.75) is 13.3 Å². The highest BCUT2D eigenvalue weighted by atomic mass is 16.5. The Bertz CT molecular complexity index is 1010. The van der Waals surface area contributed by atoms with Gasteiger partial charge >= 0.3 is 5.69 Å². The lowest BCUT2D eigenvalue weighted by Gasteiger charge is -2.06. The Balaban J connectivity index is 0.000000225. The molecule has 2 aliphatic carbocycles. The number of methoxy groups -OCH3 is 1. The number of H-pyrrole nitrogens is 2. The maximum absolute atomic E-state index is 11.7. The van der Waals surface area contributed by atoms with Gasteiger partial charge in [-0.3, -0.25) is 14.8 Å². The number of aromatic nitrogens is 3. The molecular formula is C17H17N3O3. The second-order valence-electron chi connectivity index (χ2n) is 6.23. The Morgan fingerprint density at radius 2 is 1.91 bits per heavy atom. The molecule has 2 unspecified atom stereocenters. The molecule has 0 bridgehead atoms. The number of pyridine rings is 1. The minimum absolute atomic E-state index is 0.343. The SMILES string of the molecule is CC1C2CC12.COc1cccc2c1ncc1c(=O)[nH]c(=O)[nH]c12. The van der Waals surface area contributed by atoms with Crippen LogP contribution < -0.4 is 16.0 Å². The monoisotopic (exact) mass is 311 g/mol. The zero-order valence-electron chi connectivity index (χ0n) is 12.9. The van der Waals surface area contributed by atoms with E-state index >= 15 is 0 Å². The molecule has 0 aliphatic heterocycles. The van der Waals surface area contributed by atoms with Gasteiger partial charge < -0.3 is 9.72 Å². The molecule has 0 saturated heterocycles. The zero-order chi connectivity index (χ0) is 16.1. The van der Waals surface area contributed by atoms with Crippen LogP contribution in [0, 0.1) is 17.8 Å². The number of nitrogens with one attached hydrogen (secondary N) is 2. The topological polar surface area (TPSA) is 87.8 Å². The third-order valence-corrected chi connectivity index (χ3v) is 4.89. The highest BCUT2D eigenvalue weighted by Crippen LogP contribution is 2.67. The van der Waals surface area contributed by atoms with Crippen molar-refractivity contribution in [3.05, 3.63) is 45.2 Å². The third kappa shape index (κ3) is 2.30. The molecular weight excluding hydrogens is 294 g/mol. The number of benzene rings is 1. The first-order valence-corrected chi connectivity index (χ1v) is 7.68. The van der Waals surface area contributed by atoms with Gasteiger partial charge in [0, 0.05) is 11.6 Å². The van der Waals surface area contributed by atoms with Gasteiger partial charge in [-0.15, -0.1) is 0 Å². The molecule has 6 heteroatoms. The van der Waals surface area contributed by atoms with Gasteiger partial charge in [-0.05, 0) is 30.2 Å². The fourth-order valence-corrected chi connectivity index (χ4v) is 3.09. The molecule has 5 rings (SSSR count). The van der Waals surface area contributed by atoms with Crippen LogP contribution in [0.3, 0.4) is 0 Å². The Labute approximate surface area is 131 Å². The highest BCUT2D eigenvalue weighted by molar-refractivity contribution is 6.04. The van der Waals surface area contributed by atoms with Crippen molar-refractivity contribution in [2.75, 3.05) is 7.11 Å². The van der Waals surface area contributed by atoms with Crippen LogP contribution in [0.1, 0.15) is 13.3 Å². The fourth-order valence-electron chi connectivity index (χ4n) is 3.09. The molecule has 2 N–H and O–H groups in total. The number of para-hydroxylation sites is 1. The third-order valence-electron chi connectivity index (χ3n) is 4.89. The molecule has 2 aromatic heterocycles. The first-order valence-electron chi connectivity index (χ1n) is 7.68. The van der Waals surface area contributed by atoms with Crippen LogP contribution in [0.25, 0.3) is 21.8 Å². The molecule has 2 atom stereocenters. The summed E-state index contributed by atoms with van der Waals surface area (Å²) in [5, 5.41) is 1.02. The van der Waals surface area contributed by atoms with Gasteiger partial charge in [-0.25, -0.2) is 4.79 Å². The van der Waals surface area contributed by atoms with E-state index in [-0.39, 0.29) is 0 Å². The predicted octanol–water partition coefficient (Wildman–Crippen LogP) is 2.05. The van der Waals surface area contributed by atoms with Gasteiger partial charge in [0.1, 0.15) is 11.3 Å². The first kappa shape index (κ1) is 14.0. The van der Waals surface area contributed by atoms with E-state index in [0.29, 0.717) is 27.6 Å². The summed E-state index contributed by atoms with van der Waals surface area (Å²) >= 11 is 0. The number of ether oxygens (including phenoxy) is 1. The Morgan fingerprint density at radius 1 is 1.17 bits per heavy atom. The van der Waals surface area contributed by atoms with Crippen molar-refractivity contribution in [3.8, 4) is 5.75 Å². The van der Waals surface area contributed by atoms with Crippen molar-refractivity contribution in [3.63, 3.8) is 0 Å². The van der Waals surface area contributed by atoms with Crippen LogP contribution in [0.15, 0.2) is 34.0 Å². The van der Waals surface area contributed by atoms with Crippen LogP contribution in [-0.4, -0.2) is 22.1 Å². The van der Waals surface area contributed by atoms with E-state index < -0.39 is 11.2 Å². The van der Waals surface area contributed by atoms with Crippen molar-refractivity contribution in [2.24, 2.45) is 17.8 Å². The predicted molar refractivity (Wildman–Crippen MR) is 87.8 cm³/mol. The van der Waals surface area contributed by atoms with E-state index in [1.807, 2.05) is 0 Å². The molecule has 118 valence electrons. The van der Waals surface area contributed by atoms with Crippen molar-refractivity contribution < 1.29 is 4.74 Å². The van der Waals surface area contributed by atoms with Gasteiger partial charge in [-0.1, -0.05) is 19.1 Å². The van der Waals surface area contributed by atoms with Crippen LogP contribution in [0.4, 0.5) is 0 Å². The smallest absolute Gasteiger partial charge is 0.326 e. The van der Waals surface area contributed by atoms with Crippen LogP contribution in [0.5, 0.6) is 5.75 Å². The quantitative estimate of drug-likeness (QED) is 0.673. The lowest BCUT2D eigenvalue weighted by Crippen LogP contribution is -2.22. The number of fused-ring (bicyclic) bond motifs is 4. The lowest BCUT2D eigenvalue weighted by molar-refractivity contribution is 0.419. The summed E-state index contributed by atoms with van der Waals surface area (Å²) in [7, 11) is 1.54. The fraction of sp³-hybridized carbons (Fsp3) is 0.353. The lowest BCUT2D eigenvalue weighted by atomic mass is 10.1. The summed E-state index contributed by atoms with van der Waals surface area (Å²) in [4.78, 5) is 32.0. The summed E-state index contributed by atoms with van der Waals surface area (Å²) in [6, 6.07) is 5.33. The van der Waals surface area contributed by atoms with Crippen LogP contribution >= 0.6 is 0 Å². The Hall–Kier alpha value is -2.63. The summed E-state index contributed by atoms with van der Waals surface area (Å²) < 4.78 is 5.20. The van der Waals surface area contributed by atoms with Gasteiger partial charge in [0.15, 0.2) is 0 Å². The summed E-state index contributed by atoms with van der Waals surface area (Å²) in [5.74, 6) is 4.18. The molecule has 0 spiro atoms. The minimum Gasteiger partial charge on any atom is -0.494 e. The summed E-state index contributed by atoms with van der Waals surface area (Å²) in [6.45, 7) is 2.35. The number of nitrogens with zero attached hydrogens (tertiary/aromatic N) is 1. The molecule has 2 heterocycles. The van der Waals surface area contributed by atoms with Crippen LogP contribution in [0.2, 0.25) is 0 Å². The van der Waals surface area contributed by atoms with E-state index in [1.165, 1.54) is 18.0 Å². The highest BCUT2D eigenvalue weighted by Gasteiger charge is 2.60. The standard InChI is InChI=1S/C12H9N3O3.C5H8/c1-18-8-4-2-3-6-9-7(5-13-10(6)8)11(16)15-12(17)14-9;1-3-4-2-5(3)4/h2-5H,1H3,(H2,14,15,16,17);3-5H,2H2,1H3. The van der Waals surface area contributed by atoms with Gasteiger partial charge in [0.2, 0.25) is 0 Å². The second-order valence-corrected chi connectivity index (χ2v) is 6.23. The first-order chi connectivity index (χ1) is 11.1. The molecule has 3 aromatic rings. The maximum Gasteiger partial charge on any atom is 0.326 e. The average molecular weight is 311 g/mol. The maximum atomic E-state index is 11.7. The molecule has 0 radical (unpaired) electrons. The van der Waals surface area contributed by atoms with Crippen molar-refractivity contribution in [1.82, 2.24) is 15.0 Å². The average Bonchev–Trinajstić information content (AvgIpc) is 3.46. The number of hydrogen-bond acceptors (Lipinski definition) is 4. The normalized spacial score (nSPS) is 23.8. The molecule has 2 fully saturated rings. The Morgan fingerprint density at radius 3 is 2.52 bits per heavy atom. The molecule has 0 amide bonds. The van der Waals surface area contributed by atoms with Gasteiger partial charge in [0.25, 0.3) is 5.56 Å². The summed E-state index contributed by atoms with van der Waals surface area (Å²) in [6.07, 6.45) is 3.00. The van der Waals surface area contributed by atoms with E-state index in [2.05, 4.69) is 21.9 Å². The molecule has 2 saturated carbocycles. The molecule has 6 nitrogen and oxygen atoms in total. The van der Waals surface area contributed by atoms with Crippen molar-refractivity contribution >= 4 is 21.8 Å². The zero-order valence-corrected chi connectivity index (χ0v) is 12.9. The number of hydrogen-bond donors (Lipinski definition) is 2. The number of rotatable bonds is 1. The molecule has 2 aliphatic rings. The van der Waals surface area contributed by atoms with E-state index in [9.17, 15) is 9.59 Å². The minimum atomic E-state index is -0.539.